The van der Waals surface area contributed by atoms with Gasteiger partial charge in [-0.05, 0) is 45.4 Å². The van der Waals surface area contributed by atoms with Crippen LogP contribution in [0.2, 0.25) is 0 Å². The highest BCUT2D eigenvalue weighted by atomic mass is 16.1. The first-order valence-electron chi connectivity index (χ1n) is 6.70. The molecule has 1 N–H and O–H groups in total. The fraction of sp³-hybridized carbons (Fsp3) is 0.375. The standard InChI is InChI=1S/C16H20N2O/c1-5-11(3)17-16(19)14-9-13-8-10(2)6-7-15(13)18-12(14)4/h6-9,11H,5H2,1-4H3,(H,17,19). The summed E-state index contributed by atoms with van der Waals surface area (Å²) >= 11 is 0. The molecule has 0 spiro atoms. The fourth-order valence-electron chi connectivity index (χ4n) is 2.03. The second kappa shape index (κ2) is 5.39. The zero-order valence-electron chi connectivity index (χ0n) is 11.9. The van der Waals surface area contributed by atoms with Gasteiger partial charge >= 0.3 is 0 Å². The summed E-state index contributed by atoms with van der Waals surface area (Å²) < 4.78 is 0. The zero-order valence-corrected chi connectivity index (χ0v) is 11.9. The van der Waals surface area contributed by atoms with E-state index < -0.39 is 0 Å². The van der Waals surface area contributed by atoms with Gasteiger partial charge in [-0.3, -0.25) is 9.78 Å². The summed E-state index contributed by atoms with van der Waals surface area (Å²) in [6, 6.07) is 8.20. The van der Waals surface area contributed by atoms with Crippen molar-refractivity contribution in [3.8, 4) is 0 Å². The van der Waals surface area contributed by atoms with E-state index in [1.807, 2.05) is 39.0 Å². The Hall–Kier alpha value is -1.90. The van der Waals surface area contributed by atoms with E-state index in [9.17, 15) is 4.79 Å². The molecule has 3 nitrogen and oxygen atoms in total. The summed E-state index contributed by atoms with van der Waals surface area (Å²) in [6.07, 6.45) is 0.922. The molecule has 0 radical (unpaired) electrons. The first-order valence-corrected chi connectivity index (χ1v) is 6.70. The number of rotatable bonds is 3. The van der Waals surface area contributed by atoms with E-state index in [-0.39, 0.29) is 11.9 Å². The van der Waals surface area contributed by atoms with Crippen LogP contribution in [-0.4, -0.2) is 16.9 Å². The number of pyridine rings is 1. The Bertz CT molecular complexity index is 619. The molecule has 0 saturated carbocycles. The summed E-state index contributed by atoms with van der Waals surface area (Å²) in [4.78, 5) is 16.7. The van der Waals surface area contributed by atoms with Gasteiger partial charge in [-0.15, -0.1) is 0 Å². The van der Waals surface area contributed by atoms with Gasteiger partial charge in [0.2, 0.25) is 0 Å². The van der Waals surface area contributed by atoms with Crippen LogP contribution in [0.5, 0.6) is 0 Å². The Balaban J connectivity index is 2.42. The van der Waals surface area contributed by atoms with Crippen LogP contribution in [0.4, 0.5) is 0 Å². The highest BCUT2D eigenvalue weighted by Crippen LogP contribution is 2.18. The maximum absolute atomic E-state index is 12.2. The lowest BCUT2D eigenvalue weighted by Gasteiger charge is -2.13. The molecule has 0 aliphatic rings. The highest BCUT2D eigenvalue weighted by molar-refractivity contribution is 5.98. The van der Waals surface area contributed by atoms with E-state index in [0.717, 1.165) is 23.0 Å². The van der Waals surface area contributed by atoms with Crippen molar-refractivity contribution < 1.29 is 4.79 Å². The van der Waals surface area contributed by atoms with Crippen molar-refractivity contribution in [3.63, 3.8) is 0 Å². The zero-order chi connectivity index (χ0) is 14.0. The molecule has 0 bridgehead atoms. The molecule has 19 heavy (non-hydrogen) atoms. The predicted molar refractivity (Wildman–Crippen MR) is 78.4 cm³/mol. The van der Waals surface area contributed by atoms with E-state index in [1.165, 1.54) is 5.56 Å². The van der Waals surface area contributed by atoms with E-state index >= 15 is 0 Å². The first kappa shape index (κ1) is 13.5. The molecule has 1 unspecified atom stereocenters. The lowest BCUT2D eigenvalue weighted by atomic mass is 10.1. The van der Waals surface area contributed by atoms with E-state index in [2.05, 4.69) is 23.3 Å². The third kappa shape index (κ3) is 2.92. The molecule has 2 rings (SSSR count). The smallest absolute Gasteiger partial charge is 0.253 e. The molecular formula is C16H20N2O. The molecule has 1 aromatic carbocycles. The first-order chi connectivity index (χ1) is 9.01. The van der Waals surface area contributed by atoms with Crippen LogP contribution in [0.15, 0.2) is 24.3 Å². The number of fused-ring (bicyclic) bond motifs is 1. The van der Waals surface area contributed by atoms with Crippen LogP contribution in [0, 0.1) is 13.8 Å². The van der Waals surface area contributed by atoms with Crippen LogP contribution in [0.1, 0.15) is 41.9 Å². The molecule has 1 aromatic heterocycles. The lowest BCUT2D eigenvalue weighted by Crippen LogP contribution is -2.32. The van der Waals surface area contributed by atoms with Crippen molar-refractivity contribution in [1.82, 2.24) is 10.3 Å². The van der Waals surface area contributed by atoms with Crippen LogP contribution < -0.4 is 5.32 Å². The number of carbonyl (C=O) groups excluding carboxylic acids is 1. The number of amides is 1. The summed E-state index contributed by atoms with van der Waals surface area (Å²) in [6.45, 7) is 7.98. The van der Waals surface area contributed by atoms with Gasteiger partial charge in [0.15, 0.2) is 0 Å². The summed E-state index contributed by atoms with van der Waals surface area (Å²) in [7, 11) is 0. The minimum atomic E-state index is -0.0391. The van der Waals surface area contributed by atoms with Crippen molar-refractivity contribution >= 4 is 16.8 Å². The minimum absolute atomic E-state index is 0.0391. The lowest BCUT2D eigenvalue weighted by molar-refractivity contribution is 0.0938. The summed E-state index contributed by atoms with van der Waals surface area (Å²) in [5.74, 6) is -0.0391. The minimum Gasteiger partial charge on any atom is -0.350 e. The van der Waals surface area contributed by atoms with Gasteiger partial charge < -0.3 is 5.32 Å². The van der Waals surface area contributed by atoms with Gasteiger partial charge in [-0.1, -0.05) is 18.6 Å². The van der Waals surface area contributed by atoms with Crippen molar-refractivity contribution in [1.29, 1.82) is 0 Å². The van der Waals surface area contributed by atoms with Crippen LogP contribution in [0.3, 0.4) is 0 Å². The van der Waals surface area contributed by atoms with Gasteiger partial charge in [0.25, 0.3) is 5.91 Å². The topological polar surface area (TPSA) is 42.0 Å². The molecule has 2 aromatic rings. The maximum atomic E-state index is 12.2. The number of aromatic nitrogens is 1. The third-order valence-electron chi connectivity index (χ3n) is 3.40. The summed E-state index contributed by atoms with van der Waals surface area (Å²) in [5, 5.41) is 4.00. The van der Waals surface area contributed by atoms with E-state index in [1.54, 1.807) is 0 Å². The van der Waals surface area contributed by atoms with Crippen LogP contribution in [-0.2, 0) is 0 Å². The molecule has 0 saturated heterocycles. The molecule has 0 aliphatic carbocycles. The molecule has 1 atom stereocenters. The summed E-state index contributed by atoms with van der Waals surface area (Å²) in [5.41, 5.74) is 3.55. The molecule has 0 fully saturated rings. The Morgan fingerprint density at radius 2 is 2.05 bits per heavy atom. The third-order valence-corrected chi connectivity index (χ3v) is 3.40. The molecule has 3 heteroatoms. The van der Waals surface area contributed by atoms with Gasteiger partial charge in [0.1, 0.15) is 0 Å². The van der Waals surface area contributed by atoms with Gasteiger partial charge in [0.05, 0.1) is 16.8 Å². The van der Waals surface area contributed by atoms with Crippen LogP contribution in [0.25, 0.3) is 10.9 Å². The Morgan fingerprint density at radius 1 is 1.32 bits per heavy atom. The van der Waals surface area contributed by atoms with Crippen LogP contribution >= 0.6 is 0 Å². The Kier molecular flexibility index (Phi) is 3.84. The van der Waals surface area contributed by atoms with Crippen molar-refractivity contribution in [2.24, 2.45) is 0 Å². The van der Waals surface area contributed by atoms with Crippen molar-refractivity contribution in [2.45, 2.75) is 40.2 Å². The largest absolute Gasteiger partial charge is 0.350 e. The highest BCUT2D eigenvalue weighted by Gasteiger charge is 2.13. The quantitative estimate of drug-likeness (QED) is 0.914. The Morgan fingerprint density at radius 3 is 2.74 bits per heavy atom. The molecule has 1 amide bonds. The normalized spacial score (nSPS) is 12.4. The Labute approximate surface area is 114 Å². The number of benzene rings is 1. The van der Waals surface area contributed by atoms with Crippen molar-refractivity contribution in [3.05, 3.63) is 41.1 Å². The van der Waals surface area contributed by atoms with E-state index in [4.69, 9.17) is 0 Å². The molecule has 0 aliphatic heterocycles. The van der Waals surface area contributed by atoms with Gasteiger partial charge in [-0.25, -0.2) is 0 Å². The number of carbonyl (C=O) groups is 1. The number of nitrogens with one attached hydrogen (secondary N) is 1. The average Bonchev–Trinajstić information content (AvgIpc) is 2.38. The monoisotopic (exact) mass is 256 g/mol. The SMILES string of the molecule is CCC(C)NC(=O)c1cc2cc(C)ccc2nc1C. The fourth-order valence-corrected chi connectivity index (χ4v) is 2.03. The van der Waals surface area contributed by atoms with E-state index in [0.29, 0.717) is 5.56 Å². The average molecular weight is 256 g/mol. The second-order valence-electron chi connectivity index (χ2n) is 5.10. The van der Waals surface area contributed by atoms with Crippen molar-refractivity contribution in [2.75, 3.05) is 0 Å². The molecular weight excluding hydrogens is 236 g/mol. The number of hydrogen-bond donors (Lipinski definition) is 1. The van der Waals surface area contributed by atoms with Gasteiger partial charge in [0, 0.05) is 11.4 Å². The number of hydrogen-bond acceptors (Lipinski definition) is 2. The second-order valence-corrected chi connectivity index (χ2v) is 5.10. The molecule has 1 heterocycles. The predicted octanol–water partition coefficient (Wildman–Crippen LogP) is 3.38. The molecule has 100 valence electrons. The number of nitrogens with zero attached hydrogens (tertiary/aromatic N) is 1. The maximum Gasteiger partial charge on any atom is 0.253 e. The number of aryl methyl sites for hydroxylation is 2. The van der Waals surface area contributed by atoms with Gasteiger partial charge in [-0.2, -0.15) is 0 Å².